The first-order chi connectivity index (χ1) is 12.9. The van der Waals surface area contributed by atoms with Crippen LogP contribution >= 0.6 is 0 Å². The Morgan fingerprint density at radius 3 is 2.67 bits per heavy atom. The molecule has 0 aromatic heterocycles. The number of nitrogens with zero attached hydrogens (tertiary/aromatic N) is 1. The van der Waals surface area contributed by atoms with E-state index in [1.165, 1.54) is 12.1 Å². The Morgan fingerprint density at radius 1 is 1.19 bits per heavy atom. The van der Waals surface area contributed by atoms with Crippen molar-refractivity contribution in [3.63, 3.8) is 0 Å². The first-order valence-corrected chi connectivity index (χ1v) is 10.1. The molecule has 0 unspecified atom stereocenters. The lowest BCUT2D eigenvalue weighted by Crippen LogP contribution is -2.29. The summed E-state index contributed by atoms with van der Waals surface area (Å²) < 4.78 is 32.8. The summed E-state index contributed by atoms with van der Waals surface area (Å²) in [6, 6.07) is 13.4. The average Bonchev–Trinajstić information content (AvgIpc) is 3.14. The van der Waals surface area contributed by atoms with E-state index in [-0.39, 0.29) is 17.4 Å². The molecule has 2 N–H and O–H groups in total. The molecule has 1 amide bonds. The Morgan fingerprint density at radius 2 is 1.96 bits per heavy atom. The molecule has 3 rings (SSSR count). The van der Waals surface area contributed by atoms with E-state index in [1.54, 1.807) is 24.3 Å². The predicted molar refractivity (Wildman–Crippen MR) is 104 cm³/mol. The van der Waals surface area contributed by atoms with Crippen LogP contribution in [0.15, 0.2) is 58.4 Å². The van der Waals surface area contributed by atoms with Crippen LogP contribution in [0.2, 0.25) is 0 Å². The van der Waals surface area contributed by atoms with Crippen molar-refractivity contribution in [2.75, 3.05) is 18.5 Å². The van der Waals surface area contributed by atoms with Gasteiger partial charge in [0.05, 0.1) is 4.90 Å². The number of hydrogen-bond acceptors (Lipinski definition) is 5. The molecule has 8 heteroatoms. The van der Waals surface area contributed by atoms with Crippen LogP contribution in [0.3, 0.4) is 0 Å². The number of amidine groups is 1. The molecule has 0 atom stereocenters. The third-order valence-electron chi connectivity index (χ3n) is 3.95. The van der Waals surface area contributed by atoms with Crippen LogP contribution in [0.5, 0.6) is 5.75 Å². The third kappa shape index (κ3) is 5.30. The van der Waals surface area contributed by atoms with E-state index in [2.05, 4.69) is 15.0 Å². The number of hydrogen-bond donors (Lipinski definition) is 2. The van der Waals surface area contributed by atoms with E-state index in [0.717, 1.165) is 12.0 Å². The van der Waals surface area contributed by atoms with E-state index in [0.29, 0.717) is 30.2 Å². The van der Waals surface area contributed by atoms with Gasteiger partial charge in [0.1, 0.15) is 11.6 Å². The SMILES string of the molecule is Cc1ccc(OCC(=O)Nc2cccc(S(=O)(=O)NC3=NCCC3)c2)cc1. The van der Waals surface area contributed by atoms with Crippen LogP contribution in [0.4, 0.5) is 5.69 Å². The first-order valence-electron chi connectivity index (χ1n) is 8.58. The minimum atomic E-state index is -3.72. The predicted octanol–water partition coefficient (Wildman–Crippen LogP) is 2.48. The molecule has 1 aliphatic heterocycles. The second kappa shape index (κ2) is 8.22. The molecule has 2 aromatic carbocycles. The van der Waals surface area contributed by atoms with Gasteiger partial charge in [0.15, 0.2) is 6.61 Å². The number of nitrogens with one attached hydrogen (secondary N) is 2. The van der Waals surface area contributed by atoms with E-state index < -0.39 is 10.0 Å². The van der Waals surface area contributed by atoms with Crippen LogP contribution in [0.1, 0.15) is 18.4 Å². The van der Waals surface area contributed by atoms with Gasteiger partial charge in [-0.05, 0) is 43.7 Å². The minimum absolute atomic E-state index is 0.0642. The minimum Gasteiger partial charge on any atom is -0.484 e. The Bertz CT molecular complexity index is 953. The molecule has 27 heavy (non-hydrogen) atoms. The molecule has 2 aromatic rings. The van der Waals surface area contributed by atoms with Gasteiger partial charge >= 0.3 is 0 Å². The highest BCUT2D eigenvalue weighted by Crippen LogP contribution is 2.17. The van der Waals surface area contributed by atoms with Gasteiger partial charge in [-0.15, -0.1) is 0 Å². The Balaban J connectivity index is 1.61. The van der Waals surface area contributed by atoms with Crippen molar-refractivity contribution in [1.29, 1.82) is 0 Å². The molecule has 0 saturated carbocycles. The summed E-state index contributed by atoms with van der Waals surface area (Å²) in [5.74, 6) is 0.683. The van der Waals surface area contributed by atoms with Crippen LogP contribution in [-0.2, 0) is 14.8 Å². The van der Waals surface area contributed by atoms with E-state index in [4.69, 9.17) is 4.74 Å². The van der Waals surface area contributed by atoms with Crippen molar-refractivity contribution in [3.05, 3.63) is 54.1 Å². The van der Waals surface area contributed by atoms with E-state index in [9.17, 15) is 13.2 Å². The number of amides is 1. The smallest absolute Gasteiger partial charge is 0.262 e. The van der Waals surface area contributed by atoms with Gasteiger partial charge in [-0.3, -0.25) is 14.5 Å². The zero-order valence-corrected chi connectivity index (χ0v) is 15.8. The second-order valence-electron chi connectivity index (χ2n) is 6.22. The number of rotatable bonds is 6. The number of ether oxygens (including phenoxy) is 1. The molecule has 0 fully saturated rings. The van der Waals surface area contributed by atoms with Crippen LogP contribution in [0.25, 0.3) is 0 Å². The van der Waals surface area contributed by atoms with Crippen LogP contribution < -0.4 is 14.8 Å². The maximum Gasteiger partial charge on any atom is 0.262 e. The molecule has 0 radical (unpaired) electrons. The van der Waals surface area contributed by atoms with Crippen molar-refractivity contribution in [1.82, 2.24) is 4.72 Å². The van der Waals surface area contributed by atoms with Crippen molar-refractivity contribution >= 4 is 27.5 Å². The summed E-state index contributed by atoms with van der Waals surface area (Å²) in [5.41, 5.74) is 1.48. The molecule has 0 saturated heterocycles. The molecule has 0 spiro atoms. The number of aliphatic imine (C=N–C) groups is 1. The highest BCUT2D eigenvalue weighted by molar-refractivity contribution is 7.90. The maximum atomic E-state index is 12.4. The maximum absolute atomic E-state index is 12.4. The summed E-state index contributed by atoms with van der Waals surface area (Å²) in [6.07, 6.45) is 1.46. The zero-order chi connectivity index (χ0) is 19.3. The normalized spacial score (nSPS) is 13.7. The third-order valence-corrected chi connectivity index (χ3v) is 5.32. The monoisotopic (exact) mass is 387 g/mol. The molecular formula is C19H21N3O4S. The van der Waals surface area contributed by atoms with Gasteiger partial charge in [-0.25, -0.2) is 8.42 Å². The van der Waals surface area contributed by atoms with Crippen molar-refractivity contribution in [2.24, 2.45) is 4.99 Å². The summed E-state index contributed by atoms with van der Waals surface area (Å²) >= 11 is 0. The summed E-state index contributed by atoms with van der Waals surface area (Å²) in [5, 5.41) is 2.64. The zero-order valence-electron chi connectivity index (χ0n) is 14.9. The fourth-order valence-corrected chi connectivity index (χ4v) is 3.69. The van der Waals surface area contributed by atoms with Gasteiger partial charge in [-0.1, -0.05) is 23.8 Å². The standard InChI is InChI=1S/C19H21N3O4S/c1-14-7-9-16(10-8-14)26-13-19(23)21-15-4-2-5-17(12-15)27(24,25)22-18-6-3-11-20-18/h2,4-5,7-10,12H,3,6,11,13H2,1H3,(H,20,22)(H,21,23). The van der Waals surface area contributed by atoms with Crippen molar-refractivity contribution in [3.8, 4) is 5.75 Å². The number of aryl methyl sites for hydroxylation is 1. The highest BCUT2D eigenvalue weighted by atomic mass is 32.2. The molecule has 1 aliphatic rings. The molecule has 0 bridgehead atoms. The molecule has 7 nitrogen and oxygen atoms in total. The van der Waals surface area contributed by atoms with Crippen molar-refractivity contribution in [2.45, 2.75) is 24.7 Å². The number of sulfonamides is 1. The van der Waals surface area contributed by atoms with Gasteiger partial charge in [-0.2, -0.15) is 0 Å². The highest BCUT2D eigenvalue weighted by Gasteiger charge is 2.18. The van der Waals surface area contributed by atoms with E-state index in [1.807, 2.05) is 19.1 Å². The van der Waals surface area contributed by atoms with Crippen LogP contribution in [0, 0.1) is 6.92 Å². The van der Waals surface area contributed by atoms with Gasteiger partial charge in [0, 0.05) is 18.7 Å². The fourth-order valence-electron chi connectivity index (χ4n) is 2.56. The lowest BCUT2D eigenvalue weighted by atomic mass is 10.2. The number of carbonyl (C=O) groups is 1. The van der Waals surface area contributed by atoms with Crippen molar-refractivity contribution < 1.29 is 17.9 Å². The van der Waals surface area contributed by atoms with E-state index >= 15 is 0 Å². The van der Waals surface area contributed by atoms with Crippen LogP contribution in [-0.4, -0.2) is 33.3 Å². The Hall–Kier alpha value is -2.87. The summed E-state index contributed by atoms with van der Waals surface area (Å²) in [4.78, 5) is 16.3. The second-order valence-corrected chi connectivity index (χ2v) is 7.90. The molecular weight excluding hydrogens is 366 g/mol. The topological polar surface area (TPSA) is 96.9 Å². The molecule has 0 aliphatic carbocycles. The lowest BCUT2D eigenvalue weighted by molar-refractivity contribution is -0.118. The summed E-state index contributed by atoms with van der Waals surface area (Å²) in [7, 11) is -3.72. The Kier molecular flexibility index (Phi) is 5.75. The van der Waals surface area contributed by atoms with Gasteiger partial charge in [0.2, 0.25) is 0 Å². The largest absolute Gasteiger partial charge is 0.484 e. The quantitative estimate of drug-likeness (QED) is 0.796. The first kappa shape index (κ1) is 18.9. The lowest BCUT2D eigenvalue weighted by Gasteiger charge is -2.10. The summed E-state index contributed by atoms with van der Waals surface area (Å²) in [6.45, 7) is 2.43. The fraction of sp³-hybridized carbons (Fsp3) is 0.263. The van der Waals surface area contributed by atoms with Gasteiger partial charge < -0.3 is 10.1 Å². The number of benzene rings is 2. The van der Waals surface area contributed by atoms with Gasteiger partial charge in [0.25, 0.3) is 15.9 Å². The average molecular weight is 387 g/mol. The Labute approximate surface area is 158 Å². The molecule has 142 valence electrons. The number of carbonyl (C=O) groups excluding carboxylic acids is 1. The molecule has 1 heterocycles. The number of anilines is 1.